The van der Waals surface area contributed by atoms with Crippen LogP contribution >= 0.6 is 7.41 Å². The van der Waals surface area contributed by atoms with E-state index in [0.29, 0.717) is 0 Å². The Kier molecular flexibility index (Phi) is 3.94. The summed E-state index contributed by atoms with van der Waals surface area (Å²) >= 11 is 0. The number of hydrogen-bond donors (Lipinski definition) is 0. The molecule has 0 heterocycles. The van der Waals surface area contributed by atoms with E-state index in [1.807, 2.05) is 18.2 Å². The summed E-state index contributed by atoms with van der Waals surface area (Å²) < 4.78 is 4.69. The molecule has 0 fully saturated rings. The highest BCUT2D eigenvalue weighted by atomic mass is 31.2. The third kappa shape index (κ3) is 2.41. The van der Waals surface area contributed by atoms with Gasteiger partial charge in [-0.05, 0) is 36.4 Å². The molecule has 0 aliphatic rings. The fourth-order valence-electron chi connectivity index (χ4n) is 2.62. The Bertz CT molecular complexity index is 612. The molecule has 0 saturated carbocycles. The van der Waals surface area contributed by atoms with E-state index in [2.05, 4.69) is 79.5 Å². The van der Waals surface area contributed by atoms with Gasteiger partial charge < -0.3 is 0 Å². The number of benzene rings is 3. The second-order valence-electron chi connectivity index (χ2n) is 4.78. The molecule has 0 spiro atoms. The van der Waals surface area contributed by atoms with E-state index in [-0.39, 0.29) is 0 Å². The van der Waals surface area contributed by atoms with Crippen LogP contribution in [0.1, 0.15) is 0 Å². The molecule has 102 valence electrons. The largest absolute Gasteiger partial charge is 0.228 e. The minimum absolute atomic E-state index is 1.23. The molecule has 21 heavy (non-hydrogen) atoms. The predicted octanol–water partition coefficient (Wildman–Crippen LogP) is 3.60. The van der Waals surface area contributed by atoms with Gasteiger partial charge in [-0.3, -0.25) is 0 Å². The molecule has 0 aliphatic heterocycles. The maximum Gasteiger partial charge on any atom is 0.228 e. The van der Waals surface area contributed by atoms with Crippen LogP contribution in [0.4, 0.5) is 0 Å². The first-order chi connectivity index (χ1) is 10.4. The monoisotopic (exact) mass is 290 g/mol. The SMILES string of the molecule is C=N[P+](c1ccccc1)(c1ccccc1)c1ccccc1. The summed E-state index contributed by atoms with van der Waals surface area (Å²) in [6.45, 7) is 3.96. The topological polar surface area (TPSA) is 12.4 Å². The van der Waals surface area contributed by atoms with Crippen LogP contribution in [0.3, 0.4) is 0 Å². The average Bonchev–Trinajstić information content (AvgIpc) is 2.59. The van der Waals surface area contributed by atoms with Crippen LogP contribution in [0, 0.1) is 0 Å². The average molecular weight is 290 g/mol. The van der Waals surface area contributed by atoms with Gasteiger partial charge in [0.05, 0.1) is 0 Å². The van der Waals surface area contributed by atoms with Crippen LogP contribution in [-0.4, -0.2) is 6.72 Å². The van der Waals surface area contributed by atoms with Crippen molar-refractivity contribution in [1.82, 2.24) is 0 Å². The van der Waals surface area contributed by atoms with Crippen molar-refractivity contribution in [1.29, 1.82) is 0 Å². The maximum absolute atomic E-state index is 4.69. The highest BCUT2D eigenvalue weighted by Gasteiger charge is 2.45. The Morgan fingerprint density at radius 2 is 0.810 bits per heavy atom. The predicted molar refractivity (Wildman–Crippen MR) is 94.7 cm³/mol. The Hall–Kier alpha value is -2.24. The quantitative estimate of drug-likeness (QED) is 0.514. The van der Waals surface area contributed by atoms with Crippen LogP contribution in [0.25, 0.3) is 0 Å². The van der Waals surface area contributed by atoms with Crippen LogP contribution < -0.4 is 15.9 Å². The molecule has 0 amide bonds. The lowest BCUT2D eigenvalue weighted by Gasteiger charge is -2.21. The van der Waals surface area contributed by atoms with Gasteiger partial charge in [-0.25, -0.2) is 0 Å². The molecule has 1 nitrogen and oxygen atoms in total. The lowest BCUT2D eigenvalue weighted by molar-refractivity contribution is 1.69. The molecule has 0 unspecified atom stereocenters. The van der Waals surface area contributed by atoms with Crippen molar-refractivity contribution in [2.45, 2.75) is 0 Å². The van der Waals surface area contributed by atoms with Gasteiger partial charge in [0.15, 0.2) is 0 Å². The van der Waals surface area contributed by atoms with Crippen molar-refractivity contribution in [3.8, 4) is 0 Å². The molecule has 0 atom stereocenters. The highest BCUT2D eigenvalue weighted by Crippen LogP contribution is 2.56. The summed E-state index contributed by atoms with van der Waals surface area (Å²) in [6.07, 6.45) is 0. The zero-order valence-corrected chi connectivity index (χ0v) is 12.7. The van der Waals surface area contributed by atoms with Gasteiger partial charge in [0.1, 0.15) is 15.9 Å². The minimum atomic E-state index is -2.02. The van der Waals surface area contributed by atoms with Crippen molar-refractivity contribution < 1.29 is 0 Å². The van der Waals surface area contributed by atoms with Gasteiger partial charge in [-0.15, -0.1) is 4.76 Å². The van der Waals surface area contributed by atoms with Crippen molar-refractivity contribution in [2.24, 2.45) is 4.76 Å². The molecule has 0 bridgehead atoms. The van der Waals surface area contributed by atoms with Gasteiger partial charge in [0, 0.05) is 6.72 Å². The highest BCUT2D eigenvalue weighted by molar-refractivity contribution is 7.94. The molecule has 0 N–H and O–H groups in total. The van der Waals surface area contributed by atoms with Crippen LogP contribution in [0.15, 0.2) is 95.8 Å². The van der Waals surface area contributed by atoms with Crippen molar-refractivity contribution in [3.05, 3.63) is 91.0 Å². The molecule has 3 rings (SSSR count). The van der Waals surface area contributed by atoms with Crippen molar-refractivity contribution in [2.75, 3.05) is 0 Å². The third-order valence-electron chi connectivity index (χ3n) is 3.60. The summed E-state index contributed by atoms with van der Waals surface area (Å²) in [5, 5.41) is 3.70. The van der Waals surface area contributed by atoms with E-state index in [4.69, 9.17) is 4.76 Å². The fraction of sp³-hybridized carbons (Fsp3) is 0. The van der Waals surface area contributed by atoms with Gasteiger partial charge in [-0.1, -0.05) is 54.6 Å². The van der Waals surface area contributed by atoms with Crippen LogP contribution in [0.5, 0.6) is 0 Å². The number of hydrogen-bond acceptors (Lipinski definition) is 1. The first-order valence-corrected chi connectivity index (χ1v) is 8.66. The maximum atomic E-state index is 4.69. The fourth-order valence-corrected chi connectivity index (χ4v) is 5.82. The summed E-state index contributed by atoms with van der Waals surface area (Å²) in [5.74, 6) is 0. The molecule has 0 aromatic heterocycles. The minimum Gasteiger partial charge on any atom is -0.128 e. The van der Waals surface area contributed by atoms with Gasteiger partial charge >= 0.3 is 0 Å². The van der Waals surface area contributed by atoms with Crippen molar-refractivity contribution >= 4 is 30.0 Å². The lowest BCUT2D eigenvalue weighted by Crippen LogP contribution is -2.29. The van der Waals surface area contributed by atoms with E-state index >= 15 is 0 Å². The second kappa shape index (κ2) is 6.03. The second-order valence-corrected chi connectivity index (χ2v) is 7.89. The molecule has 0 radical (unpaired) electrons. The molecule has 3 aromatic carbocycles. The molecule has 0 saturated heterocycles. The van der Waals surface area contributed by atoms with E-state index in [9.17, 15) is 0 Å². The Morgan fingerprint density at radius 1 is 0.524 bits per heavy atom. The Morgan fingerprint density at radius 3 is 1.05 bits per heavy atom. The van der Waals surface area contributed by atoms with E-state index < -0.39 is 7.41 Å². The molecule has 2 heteroatoms. The van der Waals surface area contributed by atoms with Gasteiger partial charge in [0.25, 0.3) is 0 Å². The van der Waals surface area contributed by atoms with Crippen LogP contribution in [-0.2, 0) is 0 Å². The normalized spacial score (nSPS) is 11.0. The number of nitrogens with zero attached hydrogens (tertiary/aromatic N) is 1. The molecule has 3 aromatic rings. The first-order valence-electron chi connectivity index (χ1n) is 6.92. The Labute approximate surface area is 126 Å². The molecular formula is C19H17NP+. The third-order valence-corrected chi connectivity index (χ3v) is 7.16. The van der Waals surface area contributed by atoms with E-state index in [0.717, 1.165) is 0 Å². The summed E-state index contributed by atoms with van der Waals surface area (Å²) in [6, 6.07) is 31.5. The Balaban J connectivity index is 2.31. The van der Waals surface area contributed by atoms with Crippen LogP contribution in [0.2, 0.25) is 0 Å². The number of rotatable bonds is 4. The van der Waals surface area contributed by atoms with Gasteiger partial charge in [0.2, 0.25) is 7.41 Å². The molecule has 0 aliphatic carbocycles. The zero-order valence-electron chi connectivity index (χ0n) is 11.8. The van der Waals surface area contributed by atoms with Crippen molar-refractivity contribution in [3.63, 3.8) is 0 Å². The lowest BCUT2D eigenvalue weighted by atomic mass is 10.4. The van der Waals surface area contributed by atoms with E-state index in [1.54, 1.807) is 0 Å². The smallest absolute Gasteiger partial charge is 0.128 e. The van der Waals surface area contributed by atoms with Gasteiger partial charge in [-0.2, -0.15) is 0 Å². The van der Waals surface area contributed by atoms with E-state index in [1.165, 1.54) is 15.9 Å². The summed E-state index contributed by atoms with van der Waals surface area (Å²) in [5.41, 5.74) is 0. The zero-order chi connectivity index (χ0) is 14.5. The summed E-state index contributed by atoms with van der Waals surface area (Å²) in [7, 11) is -2.02. The summed E-state index contributed by atoms with van der Waals surface area (Å²) in [4.78, 5) is 0. The first kappa shape index (κ1) is 13.7. The standard InChI is InChI=1S/C19H17NP/c1-20-21(17-11-5-2-6-12-17,18-13-7-3-8-14-18)19-15-9-4-10-16-19/h2-16H,1H2/q+1. The molecular weight excluding hydrogens is 273 g/mol.